The molecule has 0 aliphatic carbocycles. The van der Waals surface area contributed by atoms with Crippen LogP contribution in [0.4, 0.5) is 4.39 Å². The third kappa shape index (κ3) is 5.40. The van der Waals surface area contributed by atoms with Crippen molar-refractivity contribution in [3.63, 3.8) is 0 Å². The molecule has 0 bridgehead atoms. The molecule has 2 aliphatic rings. The molecule has 10 heteroatoms. The second-order valence-electron chi connectivity index (χ2n) is 11.6. The molecule has 0 radical (unpaired) electrons. The molecule has 6 rings (SSSR count). The number of hydrogen-bond donors (Lipinski definition) is 0. The fraction of sp³-hybridized carbons (Fsp3) is 0.265. The first kappa shape index (κ1) is 30.3. The van der Waals surface area contributed by atoms with Crippen LogP contribution in [0.2, 0.25) is 0 Å². The average molecular weight is 633 g/mol. The number of carbonyl (C=O) groups excluding carboxylic acids is 1. The van der Waals surface area contributed by atoms with Crippen molar-refractivity contribution < 1.29 is 26.0 Å². The summed E-state index contributed by atoms with van der Waals surface area (Å²) in [5.41, 5.74) is 2.57. The van der Waals surface area contributed by atoms with Crippen LogP contribution in [0, 0.1) is 25.6 Å². The van der Waals surface area contributed by atoms with Gasteiger partial charge in [0, 0.05) is 30.5 Å². The van der Waals surface area contributed by atoms with Crippen LogP contribution in [0.15, 0.2) is 113 Å². The quantitative estimate of drug-likeness (QED) is 0.261. The molecule has 2 saturated heterocycles. The molecule has 2 heterocycles. The van der Waals surface area contributed by atoms with Gasteiger partial charge in [-0.3, -0.25) is 4.79 Å². The average Bonchev–Trinajstić information content (AvgIpc) is 3.01. The molecular weight excluding hydrogens is 600 g/mol. The summed E-state index contributed by atoms with van der Waals surface area (Å²) in [6.45, 7) is 3.51. The molecule has 228 valence electrons. The van der Waals surface area contributed by atoms with E-state index in [0.717, 1.165) is 11.1 Å². The van der Waals surface area contributed by atoms with E-state index in [1.54, 1.807) is 66.7 Å². The van der Waals surface area contributed by atoms with Gasteiger partial charge in [-0.2, -0.15) is 8.61 Å². The second kappa shape index (κ2) is 11.7. The topological polar surface area (TPSA) is 91.8 Å². The predicted octanol–water partition coefficient (Wildman–Crippen LogP) is 5.97. The molecule has 1 unspecified atom stereocenters. The molecule has 4 atom stereocenters. The van der Waals surface area contributed by atoms with Crippen LogP contribution >= 0.6 is 0 Å². The molecule has 0 N–H and O–H groups in total. The number of ketones is 1. The molecule has 4 aromatic rings. The smallest absolute Gasteiger partial charge is 0.243 e. The minimum atomic E-state index is -4.26. The largest absolute Gasteiger partial charge is 0.299 e. The zero-order chi connectivity index (χ0) is 31.2. The van der Waals surface area contributed by atoms with Crippen LogP contribution < -0.4 is 0 Å². The summed E-state index contributed by atoms with van der Waals surface area (Å²) in [5.74, 6) is -1.85. The fourth-order valence-corrected chi connectivity index (χ4v) is 9.96. The van der Waals surface area contributed by atoms with Crippen molar-refractivity contribution in [2.75, 3.05) is 6.54 Å². The van der Waals surface area contributed by atoms with Crippen molar-refractivity contribution in [1.29, 1.82) is 0 Å². The molecule has 2 fully saturated rings. The highest BCUT2D eigenvalue weighted by molar-refractivity contribution is 7.89. The Bertz CT molecular complexity index is 1900. The lowest BCUT2D eigenvalue weighted by atomic mass is 9.77. The molecular formula is C34H33FN2O5S2. The third-order valence-electron chi connectivity index (χ3n) is 8.77. The van der Waals surface area contributed by atoms with Crippen molar-refractivity contribution in [3.05, 3.63) is 131 Å². The Balaban J connectivity index is 1.51. The molecule has 0 spiro atoms. The second-order valence-corrected chi connectivity index (χ2v) is 15.3. The van der Waals surface area contributed by atoms with Gasteiger partial charge in [-0.15, -0.1) is 0 Å². The van der Waals surface area contributed by atoms with E-state index < -0.39 is 49.9 Å². The zero-order valence-corrected chi connectivity index (χ0v) is 26.0. The molecule has 0 amide bonds. The maximum absolute atomic E-state index is 15.3. The summed E-state index contributed by atoms with van der Waals surface area (Å²) in [6.07, 6.45) is -0.261. The Morgan fingerprint density at radius 3 is 1.82 bits per heavy atom. The zero-order valence-electron chi connectivity index (χ0n) is 24.4. The van der Waals surface area contributed by atoms with Crippen molar-refractivity contribution in [3.8, 4) is 0 Å². The van der Waals surface area contributed by atoms with E-state index >= 15 is 4.39 Å². The van der Waals surface area contributed by atoms with Crippen molar-refractivity contribution in [2.24, 2.45) is 5.92 Å². The van der Waals surface area contributed by atoms with Crippen LogP contribution in [0.25, 0.3) is 0 Å². The number of aryl methyl sites for hydroxylation is 2. The lowest BCUT2D eigenvalue weighted by molar-refractivity contribution is -0.132. The van der Waals surface area contributed by atoms with Gasteiger partial charge in [0.1, 0.15) is 11.6 Å². The maximum Gasteiger partial charge on any atom is 0.243 e. The van der Waals surface area contributed by atoms with Crippen molar-refractivity contribution in [1.82, 2.24) is 8.61 Å². The summed E-state index contributed by atoms with van der Waals surface area (Å²) in [5, 5.41) is 0. The van der Waals surface area contributed by atoms with E-state index in [0.29, 0.717) is 5.56 Å². The van der Waals surface area contributed by atoms with E-state index in [1.165, 1.54) is 38.9 Å². The molecule has 4 aromatic carbocycles. The van der Waals surface area contributed by atoms with E-state index in [2.05, 4.69) is 0 Å². The van der Waals surface area contributed by atoms with Gasteiger partial charge in [0.2, 0.25) is 20.0 Å². The number of benzene rings is 4. The maximum atomic E-state index is 15.3. The van der Waals surface area contributed by atoms with Crippen LogP contribution in [-0.2, 0) is 24.8 Å². The fourth-order valence-electron chi connectivity index (χ4n) is 6.47. The number of carbonyl (C=O) groups is 1. The lowest BCUT2D eigenvalue weighted by Gasteiger charge is -2.51. The van der Waals surface area contributed by atoms with Gasteiger partial charge >= 0.3 is 0 Å². The number of sulfonamides is 2. The standard InChI is InChI=1S/C34H33FN2O5S2/c1-23-12-16-26(17-13-23)43(39,40)36-22-29-32(20-31(36)25-8-4-3-5-9-25)37(44(41,42)27-18-14-24(2)15-19-27)33(21-34(29)38)28-10-6-7-11-30(28)35/h3-19,29,31-33H,20-22H2,1-2H3/t29-,31+,32+,33?/m1/s1. The monoisotopic (exact) mass is 632 g/mol. The summed E-state index contributed by atoms with van der Waals surface area (Å²) in [4.78, 5) is 14.0. The molecule has 44 heavy (non-hydrogen) atoms. The van der Waals surface area contributed by atoms with Crippen LogP contribution in [0.5, 0.6) is 0 Å². The number of Topliss-reactive ketones (excluding diaryl/α,β-unsaturated/α-hetero) is 1. The van der Waals surface area contributed by atoms with Crippen molar-refractivity contribution in [2.45, 2.75) is 54.6 Å². The summed E-state index contributed by atoms with van der Waals surface area (Å²) in [6, 6.07) is 25.1. The third-order valence-corrected chi connectivity index (χ3v) is 12.6. The van der Waals surface area contributed by atoms with Gasteiger partial charge in [-0.1, -0.05) is 83.9 Å². The number of halogens is 1. The highest BCUT2D eigenvalue weighted by atomic mass is 32.2. The van der Waals surface area contributed by atoms with Crippen LogP contribution in [0.3, 0.4) is 0 Å². The van der Waals surface area contributed by atoms with Gasteiger partial charge in [-0.25, -0.2) is 21.2 Å². The molecule has 0 saturated carbocycles. The highest BCUT2D eigenvalue weighted by Crippen LogP contribution is 2.48. The Kier molecular flexibility index (Phi) is 8.04. The number of rotatable bonds is 6. The van der Waals surface area contributed by atoms with Gasteiger partial charge < -0.3 is 0 Å². The van der Waals surface area contributed by atoms with Crippen LogP contribution in [-0.4, -0.2) is 43.8 Å². The van der Waals surface area contributed by atoms with E-state index in [4.69, 9.17) is 0 Å². The Labute approximate surface area is 258 Å². The summed E-state index contributed by atoms with van der Waals surface area (Å²) in [7, 11) is -8.33. The van der Waals surface area contributed by atoms with E-state index in [-0.39, 0.29) is 40.5 Å². The number of hydrogen-bond acceptors (Lipinski definition) is 5. The minimum Gasteiger partial charge on any atom is -0.299 e. The molecule has 7 nitrogen and oxygen atoms in total. The van der Waals surface area contributed by atoms with Gasteiger partial charge in [0.05, 0.1) is 21.9 Å². The minimum absolute atomic E-state index is 0.0154. The van der Waals surface area contributed by atoms with Gasteiger partial charge in [-0.05, 0) is 56.2 Å². The normalized spacial score (nSPS) is 23.3. The van der Waals surface area contributed by atoms with Gasteiger partial charge in [0.15, 0.2) is 0 Å². The lowest BCUT2D eigenvalue weighted by Crippen LogP contribution is -2.61. The summed E-state index contributed by atoms with van der Waals surface area (Å²) >= 11 is 0. The Morgan fingerprint density at radius 2 is 1.23 bits per heavy atom. The number of nitrogens with zero attached hydrogens (tertiary/aromatic N) is 2. The number of fused-ring (bicyclic) bond motifs is 1. The molecule has 0 aromatic heterocycles. The first-order valence-electron chi connectivity index (χ1n) is 14.5. The first-order valence-corrected chi connectivity index (χ1v) is 17.4. The predicted molar refractivity (Wildman–Crippen MR) is 165 cm³/mol. The van der Waals surface area contributed by atoms with Crippen LogP contribution in [0.1, 0.15) is 47.2 Å². The number of piperidine rings is 2. The van der Waals surface area contributed by atoms with Crippen molar-refractivity contribution >= 4 is 25.8 Å². The highest BCUT2D eigenvalue weighted by Gasteiger charge is 2.54. The van der Waals surface area contributed by atoms with Gasteiger partial charge in [0.25, 0.3) is 0 Å². The summed E-state index contributed by atoms with van der Waals surface area (Å²) < 4.78 is 75.2. The molecule has 2 aliphatic heterocycles. The van der Waals surface area contributed by atoms with E-state index in [9.17, 15) is 21.6 Å². The van der Waals surface area contributed by atoms with E-state index in [1.807, 2.05) is 19.9 Å². The SMILES string of the molecule is Cc1ccc(S(=O)(=O)N2C[C@H]3C(=O)CC(c4ccccc4F)N(S(=O)(=O)c4ccc(C)cc4)[C@H]3C[C@H]2c2ccccc2)cc1. The Morgan fingerprint density at radius 1 is 0.682 bits per heavy atom. The first-order chi connectivity index (χ1) is 21.0. The Hall–Kier alpha value is -3.70.